The summed E-state index contributed by atoms with van der Waals surface area (Å²) in [4.78, 5) is 17.8. The van der Waals surface area contributed by atoms with E-state index in [9.17, 15) is 9.18 Å². The van der Waals surface area contributed by atoms with E-state index in [4.69, 9.17) is 0 Å². The fraction of sp³-hybridized carbons (Fsp3) is 0.125. The maximum absolute atomic E-state index is 14.0. The molecule has 122 valence electrons. The van der Waals surface area contributed by atoms with Crippen molar-refractivity contribution in [2.24, 2.45) is 0 Å². The van der Waals surface area contributed by atoms with Gasteiger partial charge in [0.15, 0.2) is 0 Å². The molecule has 0 unspecified atom stereocenters. The fourth-order valence-corrected chi connectivity index (χ4v) is 2.81. The summed E-state index contributed by atoms with van der Waals surface area (Å²) >= 11 is 1.24. The van der Waals surface area contributed by atoms with E-state index in [-0.39, 0.29) is 5.56 Å². The van der Waals surface area contributed by atoms with Crippen LogP contribution in [0.1, 0.15) is 10.4 Å². The first kappa shape index (κ1) is 16.0. The molecule has 1 N–H and O–H groups in total. The van der Waals surface area contributed by atoms with Crippen LogP contribution in [0.25, 0.3) is 10.6 Å². The second-order valence-corrected chi connectivity index (χ2v) is 6.14. The molecule has 0 aliphatic rings. The van der Waals surface area contributed by atoms with Gasteiger partial charge in [0.05, 0.1) is 5.69 Å². The molecule has 2 heterocycles. The van der Waals surface area contributed by atoms with Gasteiger partial charge in [-0.25, -0.2) is 4.39 Å². The van der Waals surface area contributed by atoms with Gasteiger partial charge in [-0.15, -0.1) is 10.2 Å². The number of hydrogen-bond acceptors (Lipinski definition) is 6. The van der Waals surface area contributed by atoms with Crippen LogP contribution in [0.3, 0.4) is 0 Å². The monoisotopic (exact) mass is 343 g/mol. The molecule has 0 spiro atoms. The summed E-state index contributed by atoms with van der Waals surface area (Å²) in [5.41, 5.74) is 1.51. The Hall–Kier alpha value is -2.87. The molecule has 3 aromatic rings. The van der Waals surface area contributed by atoms with Gasteiger partial charge in [0.25, 0.3) is 5.91 Å². The largest absolute Gasteiger partial charge is 0.375 e. The van der Waals surface area contributed by atoms with Crippen LogP contribution in [-0.4, -0.2) is 35.2 Å². The molecular weight excluding hydrogens is 329 g/mol. The van der Waals surface area contributed by atoms with Crippen LogP contribution >= 0.6 is 11.3 Å². The van der Waals surface area contributed by atoms with Gasteiger partial charge in [-0.2, -0.15) is 0 Å². The number of carbonyl (C=O) groups excluding carboxylic acids is 1. The Morgan fingerprint density at radius 2 is 1.92 bits per heavy atom. The predicted octanol–water partition coefficient (Wildman–Crippen LogP) is 3.06. The summed E-state index contributed by atoms with van der Waals surface area (Å²) in [6, 6.07) is 7.95. The molecule has 24 heavy (non-hydrogen) atoms. The average Bonchev–Trinajstić information content (AvgIpc) is 3.03. The van der Waals surface area contributed by atoms with E-state index in [1.54, 1.807) is 43.5 Å². The number of rotatable bonds is 4. The molecule has 3 rings (SSSR count). The molecule has 6 nitrogen and oxygen atoms in total. The SMILES string of the molecule is CN(C)c1ccc(C(=O)Nc2nnc(-c3ccncc3)s2)cc1F. The molecular formula is C16H14FN5OS. The third kappa shape index (κ3) is 3.38. The smallest absolute Gasteiger partial charge is 0.257 e. The normalized spacial score (nSPS) is 10.5. The molecule has 0 saturated heterocycles. The van der Waals surface area contributed by atoms with Gasteiger partial charge in [-0.1, -0.05) is 11.3 Å². The summed E-state index contributed by atoms with van der Waals surface area (Å²) in [5.74, 6) is -0.890. The summed E-state index contributed by atoms with van der Waals surface area (Å²) in [6.45, 7) is 0. The third-order valence-electron chi connectivity index (χ3n) is 3.26. The van der Waals surface area contributed by atoms with Crippen LogP contribution in [0.2, 0.25) is 0 Å². The molecule has 0 aliphatic heterocycles. The van der Waals surface area contributed by atoms with Crippen molar-refractivity contribution in [3.8, 4) is 10.6 Å². The number of nitrogens with zero attached hydrogens (tertiary/aromatic N) is 4. The Labute approximate surface area is 142 Å². The van der Waals surface area contributed by atoms with Gasteiger partial charge in [0.2, 0.25) is 5.13 Å². The molecule has 0 bridgehead atoms. The zero-order valence-electron chi connectivity index (χ0n) is 13.0. The zero-order valence-corrected chi connectivity index (χ0v) is 13.8. The van der Waals surface area contributed by atoms with Crippen molar-refractivity contribution in [1.82, 2.24) is 15.2 Å². The minimum atomic E-state index is -0.456. The summed E-state index contributed by atoms with van der Waals surface area (Å²) in [7, 11) is 3.47. The average molecular weight is 343 g/mol. The van der Waals surface area contributed by atoms with E-state index in [1.165, 1.54) is 17.4 Å². The summed E-state index contributed by atoms with van der Waals surface area (Å²) in [6.07, 6.45) is 3.31. The molecule has 0 atom stereocenters. The Kier molecular flexibility index (Phi) is 4.48. The van der Waals surface area contributed by atoms with Crippen molar-refractivity contribution >= 4 is 28.1 Å². The highest BCUT2D eigenvalue weighted by Crippen LogP contribution is 2.26. The van der Waals surface area contributed by atoms with Crippen molar-refractivity contribution in [1.29, 1.82) is 0 Å². The number of anilines is 2. The number of pyridine rings is 1. The number of benzene rings is 1. The van der Waals surface area contributed by atoms with Gasteiger partial charge in [-0.05, 0) is 30.3 Å². The van der Waals surface area contributed by atoms with E-state index in [2.05, 4.69) is 20.5 Å². The quantitative estimate of drug-likeness (QED) is 0.788. The lowest BCUT2D eigenvalue weighted by atomic mass is 10.2. The Balaban J connectivity index is 1.76. The highest BCUT2D eigenvalue weighted by atomic mass is 32.1. The number of amides is 1. The Morgan fingerprint density at radius 3 is 2.58 bits per heavy atom. The Bertz CT molecular complexity index is 866. The van der Waals surface area contributed by atoms with Crippen molar-refractivity contribution in [3.05, 3.63) is 54.1 Å². The lowest BCUT2D eigenvalue weighted by Gasteiger charge is -2.13. The maximum atomic E-state index is 14.0. The molecule has 0 radical (unpaired) electrons. The van der Waals surface area contributed by atoms with E-state index >= 15 is 0 Å². The van der Waals surface area contributed by atoms with Gasteiger partial charge in [0.1, 0.15) is 10.8 Å². The standard InChI is InChI=1S/C16H14FN5OS/c1-22(2)13-4-3-11(9-12(13)17)14(23)19-16-21-20-15(24-16)10-5-7-18-8-6-10/h3-9H,1-2H3,(H,19,21,23). The molecule has 0 saturated carbocycles. The summed E-state index contributed by atoms with van der Waals surface area (Å²) in [5, 5.41) is 11.6. The van der Waals surface area contributed by atoms with Gasteiger partial charge >= 0.3 is 0 Å². The minimum absolute atomic E-state index is 0.221. The fourth-order valence-electron chi connectivity index (χ4n) is 2.07. The number of hydrogen-bond donors (Lipinski definition) is 1. The first-order chi connectivity index (χ1) is 11.5. The van der Waals surface area contributed by atoms with Crippen molar-refractivity contribution in [3.63, 3.8) is 0 Å². The Morgan fingerprint density at radius 1 is 1.17 bits per heavy atom. The second kappa shape index (κ2) is 6.71. The van der Waals surface area contributed by atoms with Crippen molar-refractivity contribution < 1.29 is 9.18 Å². The highest BCUT2D eigenvalue weighted by molar-refractivity contribution is 7.18. The lowest BCUT2D eigenvalue weighted by Crippen LogP contribution is -2.14. The van der Waals surface area contributed by atoms with Crippen molar-refractivity contribution in [2.45, 2.75) is 0 Å². The van der Waals surface area contributed by atoms with Crippen molar-refractivity contribution in [2.75, 3.05) is 24.3 Å². The van der Waals surface area contributed by atoms with Gasteiger partial charge in [-0.3, -0.25) is 15.1 Å². The highest BCUT2D eigenvalue weighted by Gasteiger charge is 2.14. The molecule has 2 aromatic heterocycles. The number of nitrogens with one attached hydrogen (secondary N) is 1. The lowest BCUT2D eigenvalue weighted by molar-refractivity contribution is 0.102. The van der Waals surface area contributed by atoms with E-state index in [0.717, 1.165) is 5.56 Å². The van der Waals surface area contributed by atoms with Crippen LogP contribution in [0.15, 0.2) is 42.7 Å². The van der Waals surface area contributed by atoms with Crippen LogP contribution in [-0.2, 0) is 0 Å². The van der Waals surface area contributed by atoms with Crippen LogP contribution in [0.5, 0.6) is 0 Å². The molecule has 0 fully saturated rings. The minimum Gasteiger partial charge on any atom is -0.375 e. The molecule has 0 aliphatic carbocycles. The number of aromatic nitrogens is 3. The van der Waals surface area contributed by atoms with Gasteiger partial charge < -0.3 is 4.90 Å². The summed E-state index contributed by atoms with van der Waals surface area (Å²) < 4.78 is 14.0. The predicted molar refractivity (Wildman–Crippen MR) is 91.8 cm³/mol. The maximum Gasteiger partial charge on any atom is 0.257 e. The van der Waals surface area contributed by atoms with Crippen LogP contribution in [0.4, 0.5) is 15.2 Å². The van der Waals surface area contributed by atoms with Crippen LogP contribution in [0, 0.1) is 5.82 Å². The zero-order chi connectivity index (χ0) is 17.1. The van der Waals surface area contributed by atoms with Gasteiger partial charge in [0, 0.05) is 37.6 Å². The molecule has 1 aromatic carbocycles. The number of carbonyl (C=O) groups is 1. The number of halogens is 1. The van der Waals surface area contributed by atoms with E-state index in [1.807, 2.05) is 12.1 Å². The van der Waals surface area contributed by atoms with E-state index < -0.39 is 11.7 Å². The topological polar surface area (TPSA) is 71.0 Å². The van der Waals surface area contributed by atoms with Crippen LogP contribution < -0.4 is 10.2 Å². The first-order valence-electron chi connectivity index (χ1n) is 7.07. The second-order valence-electron chi connectivity index (χ2n) is 5.16. The first-order valence-corrected chi connectivity index (χ1v) is 7.88. The third-order valence-corrected chi connectivity index (χ3v) is 4.15. The van der Waals surface area contributed by atoms with E-state index in [0.29, 0.717) is 15.8 Å². The molecule has 8 heteroatoms. The molecule has 1 amide bonds.